The molecule has 0 aliphatic heterocycles. The molecule has 4 nitrogen and oxygen atoms in total. The van der Waals surface area contributed by atoms with Crippen molar-refractivity contribution >= 4 is 17.3 Å². The summed E-state index contributed by atoms with van der Waals surface area (Å²) < 4.78 is 10.2. The van der Waals surface area contributed by atoms with Crippen LogP contribution in [-0.2, 0) is 9.47 Å². The number of methoxy groups -OCH3 is 1. The number of anilines is 1. The van der Waals surface area contributed by atoms with Crippen LogP contribution in [0.15, 0.2) is 18.2 Å². The van der Waals surface area contributed by atoms with E-state index < -0.39 is 0 Å². The largest absolute Gasteiger partial charge is 0.382 e. The predicted octanol–water partition coefficient (Wildman–Crippen LogP) is 2.29. The van der Waals surface area contributed by atoms with E-state index in [-0.39, 0.29) is 0 Å². The number of benzene rings is 1. The van der Waals surface area contributed by atoms with Crippen molar-refractivity contribution in [3.63, 3.8) is 0 Å². The number of halogens is 1. The monoisotopic (exact) mass is 254 g/mol. The molecular formula is C12H15ClN2O2. The van der Waals surface area contributed by atoms with E-state index in [9.17, 15) is 0 Å². The first kappa shape index (κ1) is 13.8. The third-order valence-electron chi connectivity index (χ3n) is 2.09. The van der Waals surface area contributed by atoms with Gasteiger partial charge in [-0.15, -0.1) is 0 Å². The van der Waals surface area contributed by atoms with Gasteiger partial charge in [0.05, 0.1) is 42.2 Å². The Hall–Kier alpha value is -1.28. The Bertz CT molecular complexity index is 391. The van der Waals surface area contributed by atoms with Crippen LogP contribution >= 0.6 is 11.6 Å². The highest BCUT2D eigenvalue weighted by Gasteiger charge is 2.00. The highest BCUT2D eigenvalue weighted by molar-refractivity contribution is 6.33. The van der Waals surface area contributed by atoms with Gasteiger partial charge in [0, 0.05) is 13.7 Å². The van der Waals surface area contributed by atoms with E-state index in [0.29, 0.717) is 37.0 Å². The lowest BCUT2D eigenvalue weighted by Gasteiger charge is -2.08. The SMILES string of the molecule is COCCOCCNc1ccc(C#N)cc1Cl. The predicted molar refractivity (Wildman–Crippen MR) is 67.4 cm³/mol. The molecule has 0 atom stereocenters. The lowest BCUT2D eigenvalue weighted by Crippen LogP contribution is -2.12. The molecule has 0 saturated heterocycles. The molecule has 1 N–H and O–H groups in total. The molecule has 0 bridgehead atoms. The molecule has 0 spiro atoms. The average Bonchev–Trinajstić information content (AvgIpc) is 2.35. The minimum Gasteiger partial charge on any atom is -0.382 e. The van der Waals surface area contributed by atoms with Crippen LogP contribution < -0.4 is 5.32 Å². The zero-order valence-corrected chi connectivity index (χ0v) is 10.5. The number of nitrogens with one attached hydrogen (secondary N) is 1. The molecular weight excluding hydrogens is 240 g/mol. The molecule has 0 aliphatic carbocycles. The van der Waals surface area contributed by atoms with Crippen LogP contribution in [0.2, 0.25) is 5.02 Å². The number of nitriles is 1. The van der Waals surface area contributed by atoms with E-state index >= 15 is 0 Å². The summed E-state index contributed by atoms with van der Waals surface area (Å²) in [6, 6.07) is 7.18. The first-order valence-electron chi connectivity index (χ1n) is 5.28. The van der Waals surface area contributed by atoms with Crippen molar-refractivity contribution in [2.75, 3.05) is 38.8 Å². The Morgan fingerprint density at radius 1 is 1.35 bits per heavy atom. The van der Waals surface area contributed by atoms with Crippen molar-refractivity contribution in [1.82, 2.24) is 0 Å². The zero-order chi connectivity index (χ0) is 12.5. The highest BCUT2D eigenvalue weighted by Crippen LogP contribution is 2.22. The Balaban J connectivity index is 2.30. The van der Waals surface area contributed by atoms with Crippen LogP contribution in [0.3, 0.4) is 0 Å². The smallest absolute Gasteiger partial charge is 0.0992 e. The van der Waals surface area contributed by atoms with Crippen molar-refractivity contribution in [2.24, 2.45) is 0 Å². The number of nitrogens with zero attached hydrogens (tertiary/aromatic N) is 1. The maximum absolute atomic E-state index is 8.69. The van der Waals surface area contributed by atoms with Gasteiger partial charge >= 0.3 is 0 Å². The van der Waals surface area contributed by atoms with E-state index in [1.807, 2.05) is 6.07 Å². The van der Waals surface area contributed by atoms with Crippen molar-refractivity contribution in [2.45, 2.75) is 0 Å². The quantitative estimate of drug-likeness (QED) is 0.759. The number of hydrogen-bond acceptors (Lipinski definition) is 4. The summed E-state index contributed by atoms with van der Waals surface area (Å²) in [5, 5.41) is 12.4. The summed E-state index contributed by atoms with van der Waals surface area (Å²) in [5.74, 6) is 0. The maximum atomic E-state index is 8.69. The molecule has 0 radical (unpaired) electrons. The normalized spacial score (nSPS) is 9.94. The lowest BCUT2D eigenvalue weighted by atomic mass is 10.2. The number of ether oxygens (including phenoxy) is 2. The fourth-order valence-electron chi connectivity index (χ4n) is 1.23. The van der Waals surface area contributed by atoms with Crippen LogP contribution in [0.1, 0.15) is 5.56 Å². The first-order valence-corrected chi connectivity index (χ1v) is 5.66. The van der Waals surface area contributed by atoms with Crippen LogP contribution in [0, 0.1) is 11.3 Å². The third kappa shape index (κ3) is 5.05. The van der Waals surface area contributed by atoms with Crippen molar-refractivity contribution < 1.29 is 9.47 Å². The minimum absolute atomic E-state index is 0.543. The molecule has 0 fully saturated rings. The Kier molecular flexibility index (Phi) is 6.41. The molecule has 1 rings (SSSR count). The van der Waals surface area contributed by atoms with E-state index in [2.05, 4.69) is 5.32 Å². The topological polar surface area (TPSA) is 54.3 Å². The number of rotatable bonds is 7. The Labute approximate surface area is 106 Å². The van der Waals surface area contributed by atoms with Gasteiger partial charge in [0.1, 0.15) is 0 Å². The second-order valence-electron chi connectivity index (χ2n) is 3.34. The molecule has 1 aromatic rings. The van der Waals surface area contributed by atoms with Crippen molar-refractivity contribution in [3.8, 4) is 6.07 Å². The molecule has 0 amide bonds. The molecule has 0 saturated carbocycles. The van der Waals surface area contributed by atoms with Gasteiger partial charge < -0.3 is 14.8 Å². The summed E-state index contributed by atoms with van der Waals surface area (Å²) in [5.41, 5.74) is 1.36. The van der Waals surface area contributed by atoms with Gasteiger partial charge in [0.15, 0.2) is 0 Å². The van der Waals surface area contributed by atoms with Gasteiger partial charge in [-0.3, -0.25) is 0 Å². The van der Waals surface area contributed by atoms with Crippen LogP contribution in [-0.4, -0.2) is 33.5 Å². The molecule has 17 heavy (non-hydrogen) atoms. The van der Waals surface area contributed by atoms with Gasteiger partial charge in [0.25, 0.3) is 0 Å². The Morgan fingerprint density at radius 2 is 2.18 bits per heavy atom. The van der Waals surface area contributed by atoms with Gasteiger partial charge in [-0.25, -0.2) is 0 Å². The Morgan fingerprint density at radius 3 is 2.82 bits per heavy atom. The molecule has 1 aromatic carbocycles. The van der Waals surface area contributed by atoms with Gasteiger partial charge in [-0.2, -0.15) is 5.26 Å². The maximum Gasteiger partial charge on any atom is 0.0992 e. The summed E-state index contributed by atoms with van der Waals surface area (Å²) in [6.07, 6.45) is 0. The zero-order valence-electron chi connectivity index (χ0n) is 9.70. The molecule has 5 heteroatoms. The first-order chi connectivity index (χ1) is 8.27. The lowest BCUT2D eigenvalue weighted by molar-refractivity contribution is 0.0759. The van der Waals surface area contributed by atoms with E-state index in [1.165, 1.54) is 0 Å². The van der Waals surface area contributed by atoms with Gasteiger partial charge in [0.2, 0.25) is 0 Å². The third-order valence-corrected chi connectivity index (χ3v) is 2.40. The van der Waals surface area contributed by atoms with E-state index in [4.69, 9.17) is 26.3 Å². The summed E-state index contributed by atoms with van der Waals surface area (Å²) >= 11 is 6.00. The van der Waals surface area contributed by atoms with E-state index in [1.54, 1.807) is 25.3 Å². The van der Waals surface area contributed by atoms with Crippen LogP contribution in [0.5, 0.6) is 0 Å². The molecule has 0 heterocycles. The molecule has 0 aromatic heterocycles. The summed E-state index contributed by atoms with van der Waals surface area (Å²) in [7, 11) is 1.64. The van der Waals surface area contributed by atoms with E-state index in [0.717, 1.165) is 5.69 Å². The standard InChI is InChI=1S/C12H15ClN2O2/c1-16-6-7-17-5-4-15-12-3-2-10(9-14)8-11(12)13/h2-3,8,15H,4-7H2,1H3. The summed E-state index contributed by atoms with van der Waals surface area (Å²) in [4.78, 5) is 0. The number of hydrogen-bond donors (Lipinski definition) is 1. The fraction of sp³-hybridized carbons (Fsp3) is 0.417. The summed E-state index contributed by atoms with van der Waals surface area (Å²) in [6.45, 7) is 2.42. The average molecular weight is 255 g/mol. The van der Waals surface area contributed by atoms with Crippen molar-refractivity contribution in [3.05, 3.63) is 28.8 Å². The molecule has 0 aliphatic rings. The second kappa shape index (κ2) is 7.91. The van der Waals surface area contributed by atoms with Gasteiger partial charge in [-0.1, -0.05) is 11.6 Å². The molecule has 0 unspecified atom stereocenters. The second-order valence-corrected chi connectivity index (χ2v) is 3.75. The van der Waals surface area contributed by atoms with Crippen LogP contribution in [0.4, 0.5) is 5.69 Å². The van der Waals surface area contributed by atoms with Gasteiger partial charge in [-0.05, 0) is 18.2 Å². The van der Waals surface area contributed by atoms with Crippen LogP contribution in [0.25, 0.3) is 0 Å². The van der Waals surface area contributed by atoms with Crippen molar-refractivity contribution in [1.29, 1.82) is 5.26 Å². The minimum atomic E-state index is 0.543. The molecule has 92 valence electrons. The highest BCUT2D eigenvalue weighted by atomic mass is 35.5. The fourth-order valence-corrected chi connectivity index (χ4v) is 1.48.